The van der Waals surface area contributed by atoms with Crippen LogP contribution in [-0.2, 0) is 9.53 Å². The van der Waals surface area contributed by atoms with Gasteiger partial charge in [0.05, 0.1) is 6.04 Å². The molecule has 1 rings (SSSR count). The predicted molar refractivity (Wildman–Crippen MR) is 41.1 cm³/mol. The normalized spacial score (nSPS) is 18.7. The van der Waals surface area contributed by atoms with Crippen LogP contribution < -0.4 is 0 Å². The molecule has 2 amide bonds. The van der Waals surface area contributed by atoms with E-state index < -0.39 is 6.09 Å². The van der Waals surface area contributed by atoms with Crippen molar-refractivity contribution in [2.45, 2.75) is 19.9 Å². The Balaban J connectivity index is 2.78. The summed E-state index contributed by atoms with van der Waals surface area (Å²) in [7, 11) is 1.56. The molecule has 0 bridgehead atoms. The fraction of sp³-hybridized carbons (Fsp3) is 0.714. The maximum absolute atomic E-state index is 11.1. The minimum Gasteiger partial charge on any atom is -0.438 e. The van der Waals surface area contributed by atoms with E-state index in [0.29, 0.717) is 0 Å². The third-order valence-corrected chi connectivity index (χ3v) is 1.68. The summed E-state index contributed by atoms with van der Waals surface area (Å²) in [5.41, 5.74) is 0. The van der Waals surface area contributed by atoms with Crippen LogP contribution in [0.25, 0.3) is 0 Å². The number of hydrogen-bond donors (Lipinski definition) is 0. The number of amides is 2. The van der Waals surface area contributed by atoms with Gasteiger partial charge in [-0.2, -0.15) is 0 Å². The lowest BCUT2D eigenvalue weighted by Gasteiger charge is -2.37. The first-order valence-corrected chi connectivity index (χ1v) is 3.76. The largest absolute Gasteiger partial charge is 0.438 e. The summed E-state index contributed by atoms with van der Waals surface area (Å²) in [5.74, 6) is -0.205. The number of likely N-dealkylation sites (N-methyl/N-ethyl adjacent to an activating group) is 1. The van der Waals surface area contributed by atoms with Crippen LogP contribution in [0.2, 0.25) is 0 Å². The molecule has 1 fully saturated rings. The minimum absolute atomic E-state index is 0.0632. The zero-order chi connectivity index (χ0) is 9.30. The number of cyclic esters (lactones) is 1. The van der Waals surface area contributed by atoms with E-state index >= 15 is 0 Å². The molecule has 0 spiro atoms. The Morgan fingerprint density at radius 1 is 1.42 bits per heavy atom. The van der Waals surface area contributed by atoms with Gasteiger partial charge in [-0.25, -0.2) is 14.8 Å². The fourth-order valence-corrected chi connectivity index (χ4v) is 1.08. The van der Waals surface area contributed by atoms with Crippen LogP contribution in [0.5, 0.6) is 0 Å². The minimum atomic E-state index is -0.466. The molecule has 5 nitrogen and oxygen atoms in total. The van der Waals surface area contributed by atoms with Gasteiger partial charge in [-0.3, -0.25) is 4.79 Å². The highest BCUT2D eigenvalue weighted by atomic mass is 16.6. The van der Waals surface area contributed by atoms with Crippen molar-refractivity contribution in [3.05, 3.63) is 0 Å². The van der Waals surface area contributed by atoms with Crippen molar-refractivity contribution in [1.29, 1.82) is 0 Å². The smallest absolute Gasteiger partial charge is 0.429 e. The van der Waals surface area contributed by atoms with Crippen molar-refractivity contribution in [2.75, 3.05) is 13.7 Å². The van der Waals surface area contributed by atoms with E-state index in [-0.39, 0.29) is 18.6 Å². The van der Waals surface area contributed by atoms with Crippen LogP contribution >= 0.6 is 0 Å². The van der Waals surface area contributed by atoms with Gasteiger partial charge in [-0.05, 0) is 13.8 Å². The summed E-state index contributed by atoms with van der Waals surface area (Å²) >= 11 is 0. The third-order valence-electron chi connectivity index (χ3n) is 1.68. The number of carbonyl (C=O) groups is 2. The van der Waals surface area contributed by atoms with E-state index in [0.717, 1.165) is 0 Å². The van der Waals surface area contributed by atoms with Gasteiger partial charge in [0.1, 0.15) is 0 Å². The van der Waals surface area contributed by atoms with E-state index in [9.17, 15) is 9.59 Å². The molecular formula is C7H12N2O3. The lowest BCUT2D eigenvalue weighted by Crippen LogP contribution is -2.56. The fourth-order valence-electron chi connectivity index (χ4n) is 1.08. The molecule has 0 aromatic heterocycles. The average molecular weight is 172 g/mol. The second-order valence-corrected chi connectivity index (χ2v) is 2.91. The van der Waals surface area contributed by atoms with Crippen molar-refractivity contribution in [3.8, 4) is 0 Å². The van der Waals surface area contributed by atoms with Gasteiger partial charge in [-0.15, -0.1) is 0 Å². The molecule has 1 aliphatic rings. The molecule has 0 unspecified atom stereocenters. The third kappa shape index (κ3) is 1.34. The Bertz CT molecular complexity index is 215. The molecular weight excluding hydrogens is 160 g/mol. The van der Waals surface area contributed by atoms with E-state index in [2.05, 4.69) is 4.74 Å². The van der Waals surface area contributed by atoms with Crippen molar-refractivity contribution in [2.24, 2.45) is 0 Å². The van der Waals surface area contributed by atoms with Crippen LogP contribution in [0, 0.1) is 0 Å². The van der Waals surface area contributed by atoms with Gasteiger partial charge in [0.2, 0.25) is 0 Å². The van der Waals surface area contributed by atoms with Gasteiger partial charge in [-0.1, -0.05) is 0 Å². The number of ether oxygens (including phenoxy) is 1. The van der Waals surface area contributed by atoms with Crippen molar-refractivity contribution in [3.63, 3.8) is 0 Å². The Labute approximate surface area is 70.8 Å². The second-order valence-electron chi connectivity index (χ2n) is 2.91. The first-order valence-electron chi connectivity index (χ1n) is 3.76. The summed E-state index contributed by atoms with van der Waals surface area (Å²) in [5, 5.41) is 2.57. The summed E-state index contributed by atoms with van der Waals surface area (Å²) < 4.78 is 4.63. The zero-order valence-electron chi connectivity index (χ0n) is 7.40. The summed E-state index contributed by atoms with van der Waals surface area (Å²) in [4.78, 5) is 22.2. The van der Waals surface area contributed by atoms with Gasteiger partial charge >= 0.3 is 6.09 Å². The first-order chi connectivity index (χ1) is 5.54. The molecule has 12 heavy (non-hydrogen) atoms. The molecule has 0 N–H and O–H groups in total. The summed E-state index contributed by atoms with van der Waals surface area (Å²) in [6.45, 7) is 3.48. The van der Waals surface area contributed by atoms with E-state index in [4.69, 9.17) is 0 Å². The number of nitrogens with zero attached hydrogens (tertiary/aromatic N) is 2. The highest BCUT2D eigenvalue weighted by Crippen LogP contribution is 2.10. The number of hydrogen-bond acceptors (Lipinski definition) is 3. The molecule has 0 aromatic carbocycles. The van der Waals surface area contributed by atoms with Crippen molar-refractivity contribution < 1.29 is 14.3 Å². The lowest BCUT2D eigenvalue weighted by molar-refractivity contribution is -0.158. The van der Waals surface area contributed by atoms with Crippen LogP contribution in [0.4, 0.5) is 4.79 Å². The van der Waals surface area contributed by atoms with Crippen molar-refractivity contribution >= 4 is 12.0 Å². The Morgan fingerprint density at radius 3 is 2.42 bits per heavy atom. The molecule has 0 radical (unpaired) electrons. The SMILES string of the molecule is CC(C)N1C(=O)OCC(=O)N1C. The highest BCUT2D eigenvalue weighted by Gasteiger charge is 2.31. The molecule has 1 heterocycles. The molecule has 5 heteroatoms. The standard InChI is InChI=1S/C7H12N2O3/c1-5(2)9-7(11)12-4-6(10)8(9)3/h5H,4H2,1-3H3. The van der Waals surface area contributed by atoms with Gasteiger partial charge in [0, 0.05) is 7.05 Å². The molecule has 1 saturated heterocycles. The van der Waals surface area contributed by atoms with Gasteiger partial charge in [0.25, 0.3) is 5.91 Å². The van der Waals surface area contributed by atoms with Gasteiger partial charge < -0.3 is 4.74 Å². The van der Waals surface area contributed by atoms with E-state index in [1.54, 1.807) is 7.05 Å². The summed E-state index contributed by atoms with van der Waals surface area (Å²) in [6.07, 6.45) is -0.466. The second kappa shape index (κ2) is 3.00. The maximum atomic E-state index is 11.1. The van der Waals surface area contributed by atoms with Crippen LogP contribution in [0.3, 0.4) is 0 Å². The van der Waals surface area contributed by atoms with Crippen LogP contribution in [-0.4, -0.2) is 41.7 Å². The topological polar surface area (TPSA) is 49.9 Å². The molecule has 0 aliphatic carbocycles. The quantitative estimate of drug-likeness (QED) is 0.568. The summed E-state index contributed by atoms with van der Waals surface area (Å²) in [6, 6.07) is -0.0632. The molecule has 0 saturated carbocycles. The Morgan fingerprint density at radius 2 is 2.00 bits per heavy atom. The molecule has 68 valence electrons. The number of hydrazine groups is 1. The van der Waals surface area contributed by atoms with Crippen LogP contribution in [0.1, 0.15) is 13.8 Å². The Hall–Kier alpha value is -1.26. The number of carbonyl (C=O) groups excluding carboxylic acids is 2. The predicted octanol–water partition coefficient (Wildman–Crippen LogP) is 0.220. The lowest BCUT2D eigenvalue weighted by atomic mass is 10.4. The number of rotatable bonds is 1. The van der Waals surface area contributed by atoms with Gasteiger partial charge in [0.15, 0.2) is 6.61 Å². The maximum Gasteiger partial charge on any atom is 0.429 e. The van der Waals surface area contributed by atoms with Crippen molar-refractivity contribution in [1.82, 2.24) is 10.0 Å². The monoisotopic (exact) mass is 172 g/mol. The Kier molecular flexibility index (Phi) is 2.21. The van der Waals surface area contributed by atoms with E-state index in [1.807, 2.05) is 13.8 Å². The highest BCUT2D eigenvalue weighted by molar-refractivity contribution is 5.85. The average Bonchev–Trinajstić information content (AvgIpc) is 1.97. The van der Waals surface area contributed by atoms with Crippen LogP contribution in [0.15, 0.2) is 0 Å². The zero-order valence-corrected chi connectivity index (χ0v) is 7.40. The molecule has 0 atom stereocenters. The molecule has 0 aromatic rings. The first kappa shape index (κ1) is 8.83. The van der Waals surface area contributed by atoms with E-state index in [1.165, 1.54) is 10.0 Å². The molecule has 1 aliphatic heterocycles.